The molecule has 2 heteroatoms. The van der Waals surface area contributed by atoms with Crippen LogP contribution in [-0.4, -0.2) is 0 Å². The second-order valence-corrected chi connectivity index (χ2v) is 9.99. The van der Waals surface area contributed by atoms with Crippen LogP contribution in [0, 0.1) is 0 Å². The van der Waals surface area contributed by atoms with E-state index in [0.29, 0.717) is 0 Å². The van der Waals surface area contributed by atoms with Gasteiger partial charge in [-0.05, 0) is 92.1 Å². The molecule has 2 atom stereocenters. The monoisotopic (exact) mass is 476 g/mol. The summed E-state index contributed by atoms with van der Waals surface area (Å²) < 4.78 is 12.0. The van der Waals surface area contributed by atoms with Crippen molar-refractivity contribution < 1.29 is 9.47 Å². The lowest BCUT2D eigenvalue weighted by Gasteiger charge is -2.31. The molecule has 2 unspecified atom stereocenters. The third-order valence-corrected chi connectivity index (χ3v) is 8.20. The highest BCUT2D eigenvalue weighted by Gasteiger charge is 2.51. The molecule has 4 aliphatic rings. The third-order valence-electron chi connectivity index (χ3n) is 8.20. The minimum atomic E-state index is -0.397. The molecule has 2 aliphatic carbocycles. The molecular formula is C35H24O2. The average molecular weight is 477 g/mol. The Hall–Kier alpha value is -4.56. The summed E-state index contributed by atoms with van der Waals surface area (Å²) in [4.78, 5) is 0. The minimum Gasteiger partial charge on any atom is -0.489 e. The van der Waals surface area contributed by atoms with E-state index in [0.717, 1.165) is 11.1 Å². The standard InChI is InChI=1S/C35H24O2/c1-3-11-29-25(9-1)27-17-15-23(33-13-5-7-19-36-33)21-31(27)35(29)30-12-4-2-10-26(30)28-18-16-24(22-32(28)35)34-14-6-8-20-37-34/h1-22,33-34H. The Morgan fingerprint density at radius 3 is 1.38 bits per heavy atom. The van der Waals surface area contributed by atoms with Gasteiger partial charge in [-0.1, -0.05) is 84.9 Å². The largest absolute Gasteiger partial charge is 0.489 e. The van der Waals surface area contributed by atoms with Gasteiger partial charge >= 0.3 is 0 Å². The van der Waals surface area contributed by atoms with Crippen LogP contribution in [-0.2, 0) is 14.9 Å². The van der Waals surface area contributed by atoms with E-state index in [-0.39, 0.29) is 12.2 Å². The van der Waals surface area contributed by atoms with Gasteiger partial charge in [-0.25, -0.2) is 0 Å². The first kappa shape index (κ1) is 20.6. The van der Waals surface area contributed by atoms with Crippen molar-refractivity contribution in [1.82, 2.24) is 0 Å². The fraction of sp³-hybridized carbons (Fsp3) is 0.0857. The van der Waals surface area contributed by atoms with Gasteiger partial charge in [0.15, 0.2) is 0 Å². The van der Waals surface area contributed by atoms with Crippen LogP contribution in [0.4, 0.5) is 0 Å². The lowest BCUT2D eigenvalue weighted by atomic mass is 9.70. The Kier molecular flexibility index (Phi) is 4.30. The lowest BCUT2D eigenvalue weighted by Crippen LogP contribution is -2.26. The molecule has 37 heavy (non-hydrogen) atoms. The molecule has 8 rings (SSSR count). The summed E-state index contributed by atoms with van der Waals surface area (Å²) in [5.41, 5.74) is 12.4. The van der Waals surface area contributed by atoms with E-state index in [1.807, 2.05) is 12.2 Å². The molecule has 0 N–H and O–H groups in total. The number of rotatable bonds is 2. The summed E-state index contributed by atoms with van der Waals surface area (Å²) >= 11 is 0. The molecule has 176 valence electrons. The smallest absolute Gasteiger partial charge is 0.141 e. The van der Waals surface area contributed by atoms with Crippen LogP contribution in [0.5, 0.6) is 0 Å². The van der Waals surface area contributed by atoms with Crippen LogP contribution >= 0.6 is 0 Å². The molecule has 2 nitrogen and oxygen atoms in total. The van der Waals surface area contributed by atoms with Crippen LogP contribution in [0.15, 0.2) is 134 Å². The lowest BCUT2D eigenvalue weighted by molar-refractivity contribution is 0.186. The van der Waals surface area contributed by atoms with Gasteiger partial charge in [-0.3, -0.25) is 0 Å². The van der Waals surface area contributed by atoms with Gasteiger partial charge in [-0.2, -0.15) is 0 Å². The van der Waals surface area contributed by atoms with E-state index in [4.69, 9.17) is 9.47 Å². The van der Waals surface area contributed by atoms with Crippen molar-refractivity contribution in [3.63, 3.8) is 0 Å². The van der Waals surface area contributed by atoms with Gasteiger partial charge in [0, 0.05) is 0 Å². The molecule has 0 bridgehead atoms. The van der Waals surface area contributed by atoms with Gasteiger partial charge < -0.3 is 9.47 Å². The number of allylic oxidation sites excluding steroid dienone is 4. The highest BCUT2D eigenvalue weighted by atomic mass is 16.5. The topological polar surface area (TPSA) is 18.5 Å². The number of hydrogen-bond donors (Lipinski definition) is 0. The SMILES string of the molecule is C1=COC(c2ccc3c(c2)C2(c4ccccc4-3)c3ccccc3-c3ccc(C4C=CC=CO4)cc32)C=C1. The van der Waals surface area contributed by atoms with Crippen molar-refractivity contribution in [3.8, 4) is 22.3 Å². The van der Waals surface area contributed by atoms with E-state index in [1.54, 1.807) is 12.5 Å². The predicted octanol–water partition coefficient (Wildman–Crippen LogP) is 8.31. The number of fused-ring (bicyclic) bond motifs is 10. The average Bonchev–Trinajstić information content (AvgIpc) is 3.45. The molecule has 0 aromatic heterocycles. The van der Waals surface area contributed by atoms with Gasteiger partial charge in [0.05, 0.1) is 17.9 Å². The molecule has 0 saturated carbocycles. The fourth-order valence-electron chi connectivity index (χ4n) is 6.68. The quantitative estimate of drug-likeness (QED) is 0.250. The Morgan fingerprint density at radius 2 is 0.919 bits per heavy atom. The zero-order valence-electron chi connectivity index (χ0n) is 20.2. The van der Waals surface area contributed by atoms with Gasteiger partial charge in [-0.15, -0.1) is 0 Å². The second kappa shape index (κ2) is 7.72. The molecule has 4 aromatic rings. The number of hydrogen-bond acceptors (Lipinski definition) is 2. The van der Waals surface area contributed by atoms with Gasteiger partial charge in [0.25, 0.3) is 0 Å². The maximum absolute atomic E-state index is 5.99. The first-order valence-corrected chi connectivity index (χ1v) is 12.8. The number of benzene rings is 4. The van der Waals surface area contributed by atoms with Crippen molar-refractivity contribution in [2.75, 3.05) is 0 Å². The molecule has 2 heterocycles. The molecule has 0 fully saturated rings. The van der Waals surface area contributed by atoms with Crippen molar-refractivity contribution in [2.45, 2.75) is 17.6 Å². The van der Waals surface area contributed by atoms with Crippen molar-refractivity contribution in [2.24, 2.45) is 0 Å². The zero-order chi connectivity index (χ0) is 24.4. The molecule has 0 radical (unpaired) electrons. The first-order valence-electron chi connectivity index (χ1n) is 12.8. The molecule has 4 aromatic carbocycles. The predicted molar refractivity (Wildman–Crippen MR) is 147 cm³/mol. The summed E-state index contributed by atoms with van der Waals surface area (Å²) in [6, 6.07) is 31.6. The van der Waals surface area contributed by atoms with E-state index in [1.165, 1.54) is 44.5 Å². The normalized spacial score (nSPS) is 23.2. The summed E-state index contributed by atoms with van der Waals surface area (Å²) in [6.07, 6.45) is 15.6. The van der Waals surface area contributed by atoms with Crippen molar-refractivity contribution in [3.05, 3.63) is 167 Å². The highest BCUT2D eigenvalue weighted by Crippen LogP contribution is 2.63. The fourth-order valence-corrected chi connectivity index (χ4v) is 6.68. The van der Waals surface area contributed by atoms with E-state index >= 15 is 0 Å². The molecule has 0 saturated heterocycles. The van der Waals surface area contributed by atoms with Crippen LogP contribution in [0.3, 0.4) is 0 Å². The summed E-state index contributed by atoms with van der Waals surface area (Å²) in [5, 5.41) is 0. The van der Waals surface area contributed by atoms with Crippen molar-refractivity contribution in [1.29, 1.82) is 0 Å². The van der Waals surface area contributed by atoms with E-state index in [2.05, 4.69) is 109 Å². The third kappa shape index (κ3) is 2.76. The molecular weight excluding hydrogens is 452 g/mol. The minimum absolute atomic E-state index is 0.0916. The zero-order valence-corrected chi connectivity index (χ0v) is 20.2. The Labute approximate surface area is 216 Å². The van der Waals surface area contributed by atoms with Crippen LogP contribution in [0.25, 0.3) is 22.3 Å². The molecule has 1 spiro atoms. The Balaban J connectivity index is 1.44. The van der Waals surface area contributed by atoms with Gasteiger partial charge in [0.2, 0.25) is 0 Å². The Bertz CT molecular complexity index is 1570. The van der Waals surface area contributed by atoms with Crippen LogP contribution in [0.2, 0.25) is 0 Å². The summed E-state index contributed by atoms with van der Waals surface area (Å²) in [6.45, 7) is 0. The van der Waals surface area contributed by atoms with Crippen LogP contribution < -0.4 is 0 Å². The van der Waals surface area contributed by atoms with E-state index in [9.17, 15) is 0 Å². The maximum atomic E-state index is 5.99. The highest BCUT2D eigenvalue weighted by molar-refractivity contribution is 5.95. The van der Waals surface area contributed by atoms with Crippen molar-refractivity contribution >= 4 is 0 Å². The summed E-state index contributed by atoms with van der Waals surface area (Å²) in [5.74, 6) is 0. The Morgan fingerprint density at radius 1 is 0.459 bits per heavy atom. The van der Waals surface area contributed by atoms with Gasteiger partial charge in [0.1, 0.15) is 12.2 Å². The second-order valence-electron chi connectivity index (χ2n) is 9.99. The maximum Gasteiger partial charge on any atom is 0.141 e. The number of ether oxygens (including phenoxy) is 2. The van der Waals surface area contributed by atoms with Crippen LogP contribution in [0.1, 0.15) is 45.6 Å². The first-order chi connectivity index (χ1) is 18.4. The molecule has 2 aliphatic heterocycles. The summed E-state index contributed by atoms with van der Waals surface area (Å²) in [7, 11) is 0. The van der Waals surface area contributed by atoms with E-state index < -0.39 is 5.41 Å². The molecule has 0 amide bonds.